The van der Waals surface area contributed by atoms with Gasteiger partial charge in [0.1, 0.15) is 17.3 Å². The number of aromatic nitrogens is 5. The van der Waals surface area contributed by atoms with Crippen LogP contribution < -0.4 is 0 Å². The van der Waals surface area contributed by atoms with Crippen LogP contribution in [-0.2, 0) is 13.0 Å². The molecule has 172 valence electrons. The summed E-state index contributed by atoms with van der Waals surface area (Å²) >= 11 is 0. The highest BCUT2D eigenvalue weighted by Crippen LogP contribution is 2.32. The van der Waals surface area contributed by atoms with Crippen molar-refractivity contribution >= 4 is 10.9 Å². The van der Waals surface area contributed by atoms with E-state index in [4.69, 9.17) is 4.98 Å². The molecule has 0 aliphatic carbocycles. The van der Waals surface area contributed by atoms with Crippen LogP contribution in [-0.4, -0.2) is 73.0 Å². The molecule has 1 aliphatic heterocycles. The van der Waals surface area contributed by atoms with Crippen LogP contribution in [0.3, 0.4) is 0 Å². The Morgan fingerprint density at radius 2 is 1.94 bits per heavy atom. The summed E-state index contributed by atoms with van der Waals surface area (Å²) in [6, 6.07) is 12.3. The lowest BCUT2D eigenvalue weighted by Gasteiger charge is -2.39. The Balaban J connectivity index is 1.40. The summed E-state index contributed by atoms with van der Waals surface area (Å²) in [6.45, 7) is 8.31. The molecule has 5 rings (SSSR count). The predicted molar refractivity (Wildman–Crippen MR) is 130 cm³/mol. The highest BCUT2D eigenvalue weighted by molar-refractivity contribution is 5.94. The van der Waals surface area contributed by atoms with Gasteiger partial charge in [0.2, 0.25) is 5.82 Å². The molecular weight excluding hydrogens is 414 g/mol. The molecule has 33 heavy (non-hydrogen) atoms. The molecule has 3 heterocycles. The molecule has 0 saturated carbocycles. The van der Waals surface area contributed by atoms with Crippen molar-refractivity contribution in [1.82, 2.24) is 35.2 Å². The molecule has 8 nitrogen and oxygen atoms in total. The van der Waals surface area contributed by atoms with E-state index in [0.29, 0.717) is 17.6 Å². The molecule has 2 aromatic carbocycles. The number of fused-ring (bicyclic) bond motifs is 1. The van der Waals surface area contributed by atoms with E-state index in [0.717, 1.165) is 78.1 Å². The maximum absolute atomic E-state index is 9.82. The van der Waals surface area contributed by atoms with Gasteiger partial charge in [0, 0.05) is 31.1 Å². The zero-order valence-corrected chi connectivity index (χ0v) is 19.5. The quantitative estimate of drug-likeness (QED) is 0.418. The van der Waals surface area contributed by atoms with Gasteiger partial charge >= 0.3 is 0 Å². The van der Waals surface area contributed by atoms with E-state index in [9.17, 15) is 5.11 Å². The number of aryl methyl sites for hydroxylation is 1. The molecule has 1 saturated heterocycles. The number of benzene rings is 2. The lowest BCUT2D eigenvalue weighted by molar-refractivity contribution is 0.0791. The maximum atomic E-state index is 9.82. The van der Waals surface area contributed by atoms with Crippen LogP contribution in [0.2, 0.25) is 0 Å². The van der Waals surface area contributed by atoms with Crippen molar-refractivity contribution in [3.63, 3.8) is 0 Å². The Labute approximate surface area is 193 Å². The smallest absolute Gasteiger partial charge is 0.202 e. The van der Waals surface area contributed by atoms with Crippen LogP contribution in [0, 0.1) is 0 Å². The summed E-state index contributed by atoms with van der Waals surface area (Å²) < 4.78 is 0. The standard InChI is InChI=1S/C25H31N7O/c1-4-16-12-19(33)7-9-20(16)17-6-8-21-22(13-17)27-29-24(21)25-26-23(28-30-25)15-32-11-10-31(3)14-18(32)5-2/h6-9,12-13,18,33H,4-5,10-11,14-15H2,1-3H3,(H,27,29)(H,26,28,30)/t18-/m0/s1. The lowest BCUT2D eigenvalue weighted by atomic mass is 9.97. The Hall–Kier alpha value is -3.23. The van der Waals surface area contributed by atoms with Crippen LogP contribution >= 0.6 is 0 Å². The van der Waals surface area contributed by atoms with E-state index in [2.05, 4.69) is 69.3 Å². The van der Waals surface area contributed by atoms with Gasteiger partial charge in [-0.05, 0) is 60.8 Å². The Morgan fingerprint density at radius 3 is 2.76 bits per heavy atom. The monoisotopic (exact) mass is 445 g/mol. The molecule has 0 bridgehead atoms. The van der Waals surface area contributed by atoms with Gasteiger partial charge in [-0.2, -0.15) is 10.2 Å². The molecule has 0 unspecified atom stereocenters. The fraction of sp³-hybridized carbons (Fsp3) is 0.400. The molecule has 1 aliphatic rings. The third kappa shape index (κ3) is 4.24. The molecular formula is C25H31N7O. The van der Waals surface area contributed by atoms with E-state index in [1.54, 1.807) is 6.07 Å². The summed E-state index contributed by atoms with van der Waals surface area (Å²) in [5, 5.41) is 26.1. The van der Waals surface area contributed by atoms with E-state index in [-0.39, 0.29) is 0 Å². The fourth-order valence-corrected chi connectivity index (χ4v) is 4.82. The molecule has 8 heteroatoms. The number of phenols is 1. The summed E-state index contributed by atoms with van der Waals surface area (Å²) in [4.78, 5) is 9.65. The molecule has 0 radical (unpaired) electrons. The third-order valence-corrected chi connectivity index (χ3v) is 6.72. The van der Waals surface area contributed by atoms with E-state index in [1.807, 2.05) is 12.1 Å². The van der Waals surface area contributed by atoms with E-state index >= 15 is 0 Å². The number of piperazine rings is 1. The Bertz CT molecular complexity index is 1260. The zero-order chi connectivity index (χ0) is 22.9. The number of rotatable bonds is 6. The minimum Gasteiger partial charge on any atom is -0.508 e. The number of nitrogens with one attached hydrogen (secondary N) is 2. The van der Waals surface area contributed by atoms with Gasteiger partial charge in [-0.25, -0.2) is 4.98 Å². The van der Waals surface area contributed by atoms with Crippen LogP contribution in [0.1, 0.15) is 31.7 Å². The first-order chi connectivity index (χ1) is 16.1. The largest absolute Gasteiger partial charge is 0.508 e. The topological polar surface area (TPSA) is 97.0 Å². The normalized spacial score (nSPS) is 17.7. The first-order valence-electron chi connectivity index (χ1n) is 11.7. The van der Waals surface area contributed by atoms with Gasteiger partial charge in [-0.3, -0.25) is 15.1 Å². The van der Waals surface area contributed by atoms with Gasteiger partial charge in [0.25, 0.3) is 0 Å². The maximum Gasteiger partial charge on any atom is 0.202 e. The minimum absolute atomic E-state index is 0.294. The first-order valence-corrected chi connectivity index (χ1v) is 11.7. The molecule has 1 fully saturated rings. The molecule has 4 aromatic rings. The summed E-state index contributed by atoms with van der Waals surface area (Å²) in [6.07, 6.45) is 1.97. The van der Waals surface area contributed by atoms with Gasteiger partial charge in [0.15, 0.2) is 0 Å². The second-order valence-electron chi connectivity index (χ2n) is 8.93. The second-order valence-corrected chi connectivity index (χ2v) is 8.93. The average molecular weight is 446 g/mol. The van der Waals surface area contributed by atoms with Crippen LogP contribution in [0.25, 0.3) is 33.5 Å². The van der Waals surface area contributed by atoms with Gasteiger partial charge < -0.3 is 10.0 Å². The highest BCUT2D eigenvalue weighted by atomic mass is 16.3. The number of H-pyrrole nitrogens is 2. The van der Waals surface area contributed by atoms with Crippen molar-refractivity contribution in [2.75, 3.05) is 26.7 Å². The summed E-state index contributed by atoms with van der Waals surface area (Å²) in [5.74, 6) is 1.78. The van der Waals surface area contributed by atoms with Crippen molar-refractivity contribution < 1.29 is 5.11 Å². The lowest BCUT2D eigenvalue weighted by Crippen LogP contribution is -2.51. The molecule has 2 aromatic heterocycles. The molecule has 0 amide bonds. The molecule has 0 spiro atoms. The third-order valence-electron chi connectivity index (χ3n) is 6.72. The van der Waals surface area contributed by atoms with E-state index in [1.165, 1.54) is 0 Å². The van der Waals surface area contributed by atoms with Crippen molar-refractivity contribution in [3.8, 4) is 28.4 Å². The van der Waals surface area contributed by atoms with Crippen molar-refractivity contribution in [2.24, 2.45) is 0 Å². The number of nitrogens with zero attached hydrogens (tertiary/aromatic N) is 5. The van der Waals surface area contributed by atoms with Crippen LogP contribution in [0.15, 0.2) is 36.4 Å². The highest BCUT2D eigenvalue weighted by Gasteiger charge is 2.25. The molecule has 3 N–H and O–H groups in total. The number of aromatic amines is 2. The molecule has 1 atom stereocenters. The number of likely N-dealkylation sites (N-methyl/N-ethyl adjacent to an activating group) is 1. The second kappa shape index (κ2) is 8.96. The Morgan fingerprint density at radius 1 is 1.06 bits per heavy atom. The van der Waals surface area contributed by atoms with Crippen LogP contribution in [0.5, 0.6) is 5.75 Å². The number of aromatic hydroxyl groups is 1. The van der Waals surface area contributed by atoms with Gasteiger partial charge in [-0.15, -0.1) is 0 Å². The van der Waals surface area contributed by atoms with Crippen molar-refractivity contribution in [3.05, 3.63) is 47.8 Å². The predicted octanol–water partition coefficient (Wildman–Crippen LogP) is 3.81. The average Bonchev–Trinajstić information content (AvgIpc) is 3.46. The summed E-state index contributed by atoms with van der Waals surface area (Å²) in [5.41, 5.74) is 5.01. The van der Waals surface area contributed by atoms with Gasteiger partial charge in [-0.1, -0.05) is 26.0 Å². The fourth-order valence-electron chi connectivity index (χ4n) is 4.82. The summed E-state index contributed by atoms with van der Waals surface area (Å²) in [7, 11) is 2.19. The Kier molecular flexibility index (Phi) is 5.86. The van der Waals surface area contributed by atoms with Crippen molar-refractivity contribution in [1.29, 1.82) is 0 Å². The SMILES string of the molecule is CCc1cc(O)ccc1-c1ccc2c(-c3n[nH]c(CN4CCN(C)C[C@@H]4CC)n3)n[nH]c2c1. The van der Waals surface area contributed by atoms with Crippen LogP contribution in [0.4, 0.5) is 0 Å². The van der Waals surface area contributed by atoms with Gasteiger partial charge in [0.05, 0.1) is 12.1 Å². The number of hydrogen-bond donors (Lipinski definition) is 3. The minimum atomic E-state index is 0.294. The first kappa shape index (κ1) is 21.6. The van der Waals surface area contributed by atoms with E-state index < -0.39 is 0 Å². The zero-order valence-electron chi connectivity index (χ0n) is 19.5. The number of hydrogen-bond acceptors (Lipinski definition) is 6. The van der Waals surface area contributed by atoms with Crippen molar-refractivity contribution in [2.45, 2.75) is 39.3 Å². The number of phenolic OH excluding ortho intramolecular Hbond substituents is 1.